The molecule has 1 aromatic heterocycles. The summed E-state index contributed by atoms with van der Waals surface area (Å²) in [5.41, 5.74) is 1.33. The maximum atomic E-state index is 11.1. The molecule has 1 aromatic carbocycles. The van der Waals surface area contributed by atoms with E-state index in [0.29, 0.717) is 11.3 Å². The van der Waals surface area contributed by atoms with Crippen LogP contribution in [0.1, 0.15) is 18.8 Å². The Morgan fingerprint density at radius 3 is 2.55 bits per heavy atom. The molecular weight excluding hydrogens is 354 g/mol. The van der Waals surface area contributed by atoms with E-state index in [4.69, 9.17) is 14.2 Å². The number of nitrogens with zero attached hydrogens (tertiary/aromatic N) is 2. The van der Waals surface area contributed by atoms with E-state index in [2.05, 4.69) is 31.2 Å². The zero-order valence-electron chi connectivity index (χ0n) is 12.6. The number of anilines is 1. The number of nitrogens with one attached hydrogen (secondary N) is 1. The number of rotatable bonds is 5. The number of fused-ring (bicyclic) bond motifs is 1. The van der Waals surface area contributed by atoms with Gasteiger partial charge in [0.25, 0.3) is 0 Å². The lowest BCUT2D eigenvalue weighted by Crippen LogP contribution is -2.10. The Morgan fingerprint density at radius 1 is 1.32 bits per heavy atom. The van der Waals surface area contributed by atoms with Crippen LogP contribution in [0.5, 0.6) is 5.75 Å². The fourth-order valence-electron chi connectivity index (χ4n) is 2.05. The molecule has 0 unspecified atom stereocenters. The summed E-state index contributed by atoms with van der Waals surface area (Å²) in [5, 5.41) is 3.27. The van der Waals surface area contributed by atoms with E-state index in [1.165, 1.54) is 6.92 Å². The average molecular weight is 370 g/mol. The first-order valence-corrected chi connectivity index (χ1v) is 7.17. The molecule has 0 aliphatic carbocycles. The number of ether oxygens (including phenoxy) is 3. The van der Waals surface area contributed by atoms with Gasteiger partial charge in [-0.2, -0.15) is 0 Å². The predicted molar refractivity (Wildman–Crippen MR) is 84.9 cm³/mol. The number of methoxy groups -OCH3 is 3. The summed E-state index contributed by atoms with van der Waals surface area (Å²) in [6, 6.07) is 1.77. The molecule has 0 saturated carbocycles. The number of halogens is 1. The van der Waals surface area contributed by atoms with Crippen molar-refractivity contribution in [1.29, 1.82) is 0 Å². The lowest BCUT2D eigenvalue weighted by Gasteiger charge is -2.18. The molecule has 1 N–H and O–H groups in total. The Hall–Kier alpha value is -1.77. The number of hydrogen-bond acceptors (Lipinski definition) is 6. The van der Waals surface area contributed by atoms with Gasteiger partial charge in [0.2, 0.25) is 11.9 Å². The Balaban J connectivity index is 2.66. The first-order valence-electron chi connectivity index (χ1n) is 6.38. The molecule has 0 saturated heterocycles. The third kappa shape index (κ3) is 3.18. The minimum atomic E-state index is -0.553. The molecule has 0 aliphatic heterocycles. The van der Waals surface area contributed by atoms with Crippen LogP contribution >= 0.6 is 15.9 Å². The lowest BCUT2D eigenvalue weighted by molar-refractivity contribution is -0.114. The molecule has 0 fully saturated rings. The number of carbonyl (C=O) groups is 1. The van der Waals surface area contributed by atoms with Gasteiger partial charge in [-0.3, -0.25) is 10.1 Å². The fraction of sp³-hybridized carbons (Fsp3) is 0.357. The van der Waals surface area contributed by atoms with Crippen LogP contribution in [0, 0.1) is 0 Å². The van der Waals surface area contributed by atoms with E-state index in [1.807, 2.05) is 0 Å². The predicted octanol–water partition coefficient (Wildman–Crippen LogP) is 2.65. The van der Waals surface area contributed by atoms with E-state index in [0.717, 1.165) is 15.4 Å². The van der Waals surface area contributed by atoms with Crippen LogP contribution in [0.2, 0.25) is 0 Å². The van der Waals surface area contributed by atoms with Gasteiger partial charge in [0, 0.05) is 42.8 Å². The van der Waals surface area contributed by atoms with Crippen LogP contribution in [0.15, 0.2) is 16.7 Å². The summed E-state index contributed by atoms with van der Waals surface area (Å²) < 4.78 is 16.7. The van der Waals surface area contributed by atoms with Crippen molar-refractivity contribution in [3.63, 3.8) is 0 Å². The van der Waals surface area contributed by atoms with Gasteiger partial charge in [-0.05, 0) is 22.0 Å². The van der Waals surface area contributed by atoms with Gasteiger partial charge in [0.15, 0.2) is 6.29 Å². The standard InChI is InChI=1S/C14H16BrN3O4/c1-7(19)17-14-16-6-9-11(15)8(13(21-3)22-4)5-10(20-2)12(9)18-14/h5-6,13H,1-4H3,(H,16,17,18,19). The lowest BCUT2D eigenvalue weighted by atomic mass is 10.1. The maximum Gasteiger partial charge on any atom is 0.230 e. The first-order chi connectivity index (χ1) is 10.5. The third-order valence-electron chi connectivity index (χ3n) is 2.99. The van der Waals surface area contributed by atoms with Crippen molar-refractivity contribution >= 4 is 38.7 Å². The highest BCUT2D eigenvalue weighted by atomic mass is 79.9. The smallest absolute Gasteiger partial charge is 0.230 e. The molecule has 22 heavy (non-hydrogen) atoms. The highest BCUT2D eigenvalue weighted by Gasteiger charge is 2.20. The summed E-state index contributed by atoms with van der Waals surface area (Å²) in [6.07, 6.45) is 1.05. The molecule has 0 spiro atoms. The van der Waals surface area contributed by atoms with E-state index in [-0.39, 0.29) is 11.9 Å². The van der Waals surface area contributed by atoms with Gasteiger partial charge in [-0.1, -0.05) is 0 Å². The monoisotopic (exact) mass is 369 g/mol. The Bertz CT molecular complexity index is 704. The molecule has 7 nitrogen and oxygen atoms in total. The van der Waals surface area contributed by atoms with Gasteiger partial charge in [-0.25, -0.2) is 9.97 Å². The zero-order valence-corrected chi connectivity index (χ0v) is 14.2. The molecule has 118 valence electrons. The zero-order chi connectivity index (χ0) is 16.3. The van der Waals surface area contributed by atoms with E-state index in [1.54, 1.807) is 33.6 Å². The second kappa shape index (κ2) is 6.99. The number of aromatic nitrogens is 2. The number of benzene rings is 1. The van der Waals surface area contributed by atoms with Crippen LogP contribution in [0.4, 0.5) is 5.95 Å². The van der Waals surface area contributed by atoms with Crippen LogP contribution in [-0.2, 0) is 14.3 Å². The minimum absolute atomic E-state index is 0.216. The van der Waals surface area contributed by atoms with Gasteiger partial charge < -0.3 is 14.2 Å². The summed E-state index contributed by atoms with van der Waals surface area (Å²) in [5.74, 6) is 0.502. The molecule has 8 heteroatoms. The molecule has 2 aromatic rings. The van der Waals surface area contributed by atoms with E-state index >= 15 is 0 Å². The Morgan fingerprint density at radius 2 is 2.00 bits per heavy atom. The fourth-order valence-corrected chi connectivity index (χ4v) is 2.65. The SMILES string of the molecule is COc1cc(C(OC)OC)c(Br)c2cnc(NC(C)=O)nc12. The number of amides is 1. The third-order valence-corrected chi connectivity index (χ3v) is 3.87. The van der Waals surface area contributed by atoms with Crippen LogP contribution < -0.4 is 10.1 Å². The minimum Gasteiger partial charge on any atom is -0.494 e. The highest BCUT2D eigenvalue weighted by Crippen LogP contribution is 2.37. The topological polar surface area (TPSA) is 82.6 Å². The average Bonchev–Trinajstić information content (AvgIpc) is 2.50. The normalized spacial score (nSPS) is 11.0. The summed E-state index contributed by atoms with van der Waals surface area (Å²) in [6.45, 7) is 1.39. The van der Waals surface area contributed by atoms with Crippen LogP contribution in [0.3, 0.4) is 0 Å². The molecular formula is C14H16BrN3O4. The van der Waals surface area contributed by atoms with Crippen molar-refractivity contribution in [2.45, 2.75) is 13.2 Å². The largest absolute Gasteiger partial charge is 0.494 e. The molecule has 0 bridgehead atoms. The van der Waals surface area contributed by atoms with Crippen molar-refractivity contribution in [3.8, 4) is 5.75 Å². The van der Waals surface area contributed by atoms with Gasteiger partial charge in [0.1, 0.15) is 11.3 Å². The van der Waals surface area contributed by atoms with Gasteiger partial charge in [-0.15, -0.1) is 0 Å². The van der Waals surface area contributed by atoms with Crippen molar-refractivity contribution in [2.75, 3.05) is 26.6 Å². The first kappa shape index (κ1) is 16.6. The van der Waals surface area contributed by atoms with E-state index in [9.17, 15) is 4.79 Å². The van der Waals surface area contributed by atoms with Crippen molar-refractivity contribution < 1.29 is 19.0 Å². The summed E-state index contributed by atoms with van der Waals surface area (Å²) >= 11 is 3.52. The van der Waals surface area contributed by atoms with Crippen molar-refractivity contribution in [3.05, 3.63) is 22.3 Å². The number of hydrogen-bond donors (Lipinski definition) is 1. The second-order valence-corrected chi connectivity index (χ2v) is 5.22. The summed E-state index contributed by atoms with van der Waals surface area (Å²) in [7, 11) is 4.64. The second-order valence-electron chi connectivity index (χ2n) is 4.42. The maximum absolute atomic E-state index is 11.1. The van der Waals surface area contributed by atoms with E-state index < -0.39 is 6.29 Å². The Labute approximate surface area is 136 Å². The van der Waals surface area contributed by atoms with Gasteiger partial charge >= 0.3 is 0 Å². The quantitative estimate of drug-likeness (QED) is 0.815. The highest BCUT2D eigenvalue weighted by molar-refractivity contribution is 9.10. The molecule has 2 rings (SSSR count). The molecule has 1 amide bonds. The molecule has 0 radical (unpaired) electrons. The summed E-state index contributed by atoms with van der Waals surface area (Å²) in [4.78, 5) is 19.6. The number of carbonyl (C=O) groups excluding carboxylic acids is 1. The van der Waals surface area contributed by atoms with Crippen LogP contribution in [-0.4, -0.2) is 37.2 Å². The van der Waals surface area contributed by atoms with Gasteiger partial charge in [0.05, 0.1) is 7.11 Å². The molecule has 1 heterocycles. The Kier molecular flexibility index (Phi) is 5.28. The van der Waals surface area contributed by atoms with Crippen molar-refractivity contribution in [1.82, 2.24) is 9.97 Å². The van der Waals surface area contributed by atoms with Crippen LogP contribution in [0.25, 0.3) is 10.9 Å². The molecule has 0 aliphatic rings. The molecule has 0 atom stereocenters. The van der Waals surface area contributed by atoms with Crippen molar-refractivity contribution in [2.24, 2.45) is 0 Å².